The zero-order valence-electron chi connectivity index (χ0n) is 10.8. The number of benzene rings is 1. The van der Waals surface area contributed by atoms with Crippen LogP contribution < -0.4 is 9.88 Å². The molecule has 0 bridgehead atoms. The van der Waals surface area contributed by atoms with Gasteiger partial charge in [-0.3, -0.25) is 4.98 Å². The summed E-state index contributed by atoms with van der Waals surface area (Å²) in [6.45, 7) is 0.259. The van der Waals surface area contributed by atoms with Gasteiger partial charge < -0.3 is 4.74 Å². The fraction of sp³-hybridized carbons (Fsp3) is 0.154. The molecule has 0 fully saturated rings. The van der Waals surface area contributed by atoms with Gasteiger partial charge >= 0.3 is 0 Å². The van der Waals surface area contributed by atoms with Crippen LogP contribution in [0.15, 0.2) is 46.0 Å². The van der Waals surface area contributed by atoms with Gasteiger partial charge in [-0.15, -0.1) is 0 Å². The summed E-state index contributed by atoms with van der Waals surface area (Å²) in [6, 6.07) is 6.63. The van der Waals surface area contributed by atoms with Crippen LogP contribution in [0.2, 0.25) is 5.02 Å². The van der Waals surface area contributed by atoms with Crippen molar-refractivity contribution in [1.82, 2.24) is 4.98 Å². The van der Waals surface area contributed by atoms with Crippen LogP contribution in [-0.4, -0.2) is 20.0 Å². The molecule has 0 saturated carbocycles. The molecule has 0 radical (unpaired) electrons. The summed E-state index contributed by atoms with van der Waals surface area (Å²) in [5, 5.41) is 5.36. The molecule has 0 aliphatic rings. The number of halogens is 2. The van der Waals surface area contributed by atoms with Crippen molar-refractivity contribution in [2.24, 2.45) is 5.14 Å². The van der Waals surface area contributed by atoms with Gasteiger partial charge in [0.15, 0.2) is 5.75 Å². The summed E-state index contributed by atoms with van der Waals surface area (Å²) in [5.74, 6) is 0.0613. The third-order valence-electron chi connectivity index (χ3n) is 2.64. The highest BCUT2D eigenvalue weighted by atomic mass is 79.9. The largest absolute Gasteiger partial charge is 0.490 e. The molecule has 0 amide bonds. The number of pyridine rings is 1. The number of hydrogen-bond donors (Lipinski definition) is 1. The van der Waals surface area contributed by atoms with Crippen LogP contribution in [0.4, 0.5) is 0 Å². The molecule has 0 saturated heterocycles. The lowest BCUT2D eigenvalue weighted by atomic mass is 10.2. The molecule has 0 aliphatic carbocycles. The number of ether oxygens (including phenoxy) is 1. The third-order valence-corrected chi connectivity index (χ3v) is 4.30. The fourth-order valence-electron chi connectivity index (χ4n) is 1.71. The molecule has 1 heterocycles. The second-order valence-electron chi connectivity index (χ2n) is 4.22. The smallest absolute Gasteiger partial charge is 0.241 e. The molecule has 2 aromatic rings. The molecule has 0 spiro atoms. The molecule has 2 N–H and O–H groups in total. The molecule has 0 aliphatic heterocycles. The zero-order valence-corrected chi connectivity index (χ0v) is 14.0. The highest BCUT2D eigenvalue weighted by Gasteiger charge is 2.19. The van der Waals surface area contributed by atoms with E-state index in [9.17, 15) is 8.42 Å². The van der Waals surface area contributed by atoms with E-state index >= 15 is 0 Å². The Morgan fingerprint density at radius 1 is 1.38 bits per heavy atom. The summed E-state index contributed by atoms with van der Waals surface area (Å²) in [7, 11) is -3.93. The van der Waals surface area contributed by atoms with Crippen molar-refractivity contribution in [3.05, 3.63) is 51.7 Å². The Morgan fingerprint density at radius 3 is 2.76 bits per heavy atom. The van der Waals surface area contributed by atoms with E-state index in [1.165, 1.54) is 6.07 Å². The topological polar surface area (TPSA) is 82.3 Å². The summed E-state index contributed by atoms with van der Waals surface area (Å²) >= 11 is 9.21. The standard InChI is InChI=1S/C13H12BrClN2O3S/c14-10-6-11(15)13(12(7-10)21(16,18)19)20-5-3-9-2-1-4-17-8-9/h1-2,4,6-8H,3,5H2,(H2,16,18,19). The van der Waals surface area contributed by atoms with E-state index in [-0.39, 0.29) is 22.3 Å². The summed E-state index contributed by atoms with van der Waals surface area (Å²) < 4.78 is 29.2. The van der Waals surface area contributed by atoms with Crippen LogP contribution in [0, 0.1) is 0 Å². The Morgan fingerprint density at radius 2 is 2.14 bits per heavy atom. The number of hydrogen-bond acceptors (Lipinski definition) is 4. The lowest BCUT2D eigenvalue weighted by Crippen LogP contribution is -2.15. The molecule has 8 heteroatoms. The SMILES string of the molecule is NS(=O)(=O)c1cc(Br)cc(Cl)c1OCCc1cccnc1. The Bertz CT molecular complexity index is 739. The highest BCUT2D eigenvalue weighted by molar-refractivity contribution is 9.10. The molecular formula is C13H12BrClN2O3S. The van der Waals surface area contributed by atoms with Crippen molar-refractivity contribution < 1.29 is 13.2 Å². The van der Waals surface area contributed by atoms with Gasteiger partial charge in [0, 0.05) is 23.3 Å². The Kier molecular flexibility index (Phi) is 5.21. The first-order chi connectivity index (χ1) is 9.88. The monoisotopic (exact) mass is 390 g/mol. The minimum atomic E-state index is -3.93. The van der Waals surface area contributed by atoms with Crippen LogP contribution in [0.1, 0.15) is 5.56 Å². The van der Waals surface area contributed by atoms with Crippen LogP contribution in [0.25, 0.3) is 0 Å². The van der Waals surface area contributed by atoms with E-state index < -0.39 is 10.0 Å². The average Bonchev–Trinajstić information content (AvgIpc) is 2.41. The Hall–Kier alpha value is -1.15. The maximum atomic E-state index is 11.6. The highest BCUT2D eigenvalue weighted by Crippen LogP contribution is 2.35. The second kappa shape index (κ2) is 6.74. The number of aromatic nitrogens is 1. The van der Waals surface area contributed by atoms with Gasteiger partial charge in [-0.25, -0.2) is 13.6 Å². The van der Waals surface area contributed by atoms with Crippen LogP contribution in [0.3, 0.4) is 0 Å². The molecule has 1 aromatic heterocycles. The van der Waals surface area contributed by atoms with Crippen molar-refractivity contribution in [1.29, 1.82) is 0 Å². The zero-order chi connectivity index (χ0) is 15.5. The Balaban J connectivity index is 2.20. The molecular weight excluding hydrogens is 380 g/mol. The first-order valence-electron chi connectivity index (χ1n) is 5.91. The van der Waals surface area contributed by atoms with Gasteiger partial charge in [0.25, 0.3) is 0 Å². The molecule has 0 unspecified atom stereocenters. The van der Waals surface area contributed by atoms with Gasteiger partial charge in [-0.05, 0) is 23.8 Å². The van der Waals surface area contributed by atoms with E-state index in [1.807, 2.05) is 12.1 Å². The minimum Gasteiger partial charge on any atom is -0.490 e. The maximum absolute atomic E-state index is 11.6. The first-order valence-corrected chi connectivity index (χ1v) is 8.63. The van der Waals surface area contributed by atoms with Crippen molar-refractivity contribution in [2.75, 3.05) is 6.61 Å². The lowest BCUT2D eigenvalue weighted by molar-refractivity contribution is 0.313. The molecule has 0 atom stereocenters. The number of primary sulfonamides is 1. The normalized spacial score (nSPS) is 11.4. The predicted octanol–water partition coefficient (Wildman–Crippen LogP) is 2.77. The third kappa shape index (κ3) is 4.41. The lowest BCUT2D eigenvalue weighted by Gasteiger charge is -2.12. The van der Waals surface area contributed by atoms with E-state index in [2.05, 4.69) is 20.9 Å². The predicted molar refractivity (Wildman–Crippen MR) is 84.0 cm³/mol. The number of nitrogens with two attached hydrogens (primary N) is 1. The fourth-order valence-corrected chi connectivity index (χ4v) is 3.49. The molecule has 112 valence electrons. The molecule has 1 aromatic carbocycles. The average molecular weight is 392 g/mol. The number of rotatable bonds is 5. The van der Waals surface area contributed by atoms with Gasteiger partial charge in [-0.1, -0.05) is 33.6 Å². The van der Waals surface area contributed by atoms with Crippen molar-refractivity contribution >= 4 is 37.6 Å². The van der Waals surface area contributed by atoms with E-state index in [4.69, 9.17) is 21.5 Å². The first kappa shape index (κ1) is 16.2. The van der Waals surface area contributed by atoms with Gasteiger partial charge in [0.1, 0.15) is 4.90 Å². The summed E-state index contributed by atoms with van der Waals surface area (Å²) in [6.07, 6.45) is 3.96. The van der Waals surface area contributed by atoms with Crippen molar-refractivity contribution in [3.8, 4) is 5.75 Å². The van der Waals surface area contributed by atoms with Gasteiger partial charge in [0.2, 0.25) is 10.0 Å². The summed E-state index contributed by atoms with van der Waals surface area (Å²) in [4.78, 5) is 3.85. The quantitative estimate of drug-likeness (QED) is 0.849. The molecule has 21 heavy (non-hydrogen) atoms. The van der Waals surface area contributed by atoms with Crippen molar-refractivity contribution in [3.63, 3.8) is 0 Å². The molecule has 2 rings (SSSR count). The Labute approximate surface area is 136 Å². The van der Waals surface area contributed by atoms with Gasteiger partial charge in [-0.2, -0.15) is 0 Å². The van der Waals surface area contributed by atoms with Crippen LogP contribution in [-0.2, 0) is 16.4 Å². The van der Waals surface area contributed by atoms with Crippen LogP contribution in [0.5, 0.6) is 5.75 Å². The van der Waals surface area contributed by atoms with E-state index in [0.29, 0.717) is 10.9 Å². The second-order valence-corrected chi connectivity index (χ2v) is 7.07. The maximum Gasteiger partial charge on any atom is 0.241 e. The number of nitrogens with zero attached hydrogens (tertiary/aromatic N) is 1. The minimum absolute atomic E-state index is 0.0613. The van der Waals surface area contributed by atoms with E-state index in [1.54, 1.807) is 18.5 Å². The van der Waals surface area contributed by atoms with Gasteiger partial charge in [0.05, 0.1) is 11.6 Å². The summed E-state index contributed by atoms with van der Waals surface area (Å²) in [5.41, 5.74) is 0.975. The molecule has 5 nitrogen and oxygen atoms in total. The van der Waals surface area contributed by atoms with Crippen LogP contribution >= 0.6 is 27.5 Å². The van der Waals surface area contributed by atoms with E-state index in [0.717, 1.165) is 5.56 Å². The number of sulfonamides is 1. The van der Waals surface area contributed by atoms with Crippen molar-refractivity contribution in [2.45, 2.75) is 11.3 Å².